The van der Waals surface area contributed by atoms with E-state index in [9.17, 15) is 0 Å². The molecule has 3 aromatic rings. The highest BCUT2D eigenvalue weighted by Crippen LogP contribution is 2.24. The fourth-order valence-electron chi connectivity index (χ4n) is 2.99. The monoisotopic (exact) mass is 308 g/mol. The third kappa shape index (κ3) is 3.13. The molecule has 1 aromatic carbocycles. The fourth-order valence-corrected chi connectivity index (χ4v) is 2.99. The molecule has 4 heteroatoms. The lowest BCUT2D eigenvalue weighted by atomic mass is 10.2. The predicted octanol–water partition coefficient (Wildman–Crippen LogP) is 4.21. The summed E-state index contributed by atoms with van der Waals surface area (Å²) in [6, 6.07) is 15.1. The number of hydrogen-bond donors (Lipinski definition) is 0. The van der Waals surface area contributed by atoms with E-state index in [2.05, 4.69) is 66.5 Å². The van der Waals surface area contributed by atoms with Gasteiger partial charge in [0, 0.05) is 18.3 Å². The van der Waals surface area contributed by atoms with Crippen LogP contribution in [0.3, 0.4) is 0 Å². The van der Waals surface area contributed by atoms with Crippen molar-refractivity contribution >= 4 is 11.0 Å². The summed E-state index contributed by atoms with van der Waals surface area (Å²) in [4.78, 5) is 11.6. The van der Waals surface area contributed by atoms with Crippen molar-refractivity contribution in [2.75, 3.05) is 7.05 Å². The topological polar surface area (TPSA) is 34.0 Å². The Morgan fingerprint density at radius 1 is 1.04 bits per heavy atom. The highest BCUT2D eigenvalue weighted by atomic mass is 15.2. The van der Waals surface area contributed by atoms with Crippen LogP contribution in [-0.4, -0.2) is 26.5 Å². The normalized spacial score (nSPS) is 13.1. The molecular weight excluding hydrogens is 284 g/mol. The fraction of sp³-hybridized carbons (Fsp3) is 0.368. The van der Waals surface area contributed by atoms with Gasteiger partial charge in [-0.05, 0) is 52.1 Å². The Balaban J connectivity index is 1.90. The Bertz CT molecular complexity index is 776. The second kappa shape index (κ2) is 6.50. The standard InChI is InChI=1S/C19H24N4/c1-14(2)23-18-11-6-5-10-17(18)21-19(23)13-22(4)15(3)16-9-7-8-12-20-16/h5-12,14-15H,13H2,1-4H3/t15-/m1/s1. The van der Waals surface area contributed by atoms with E-state index in [1.807, 2.05) is 24.4 Å². The Kier molecular flexibility index (Phi) is 4.44. The summed E-state index contributed by atoms with van der Waals surface area (Å²) in [7, 11) is 2.13. The molecule has 0 saturated heterocycles. The second-order valence-electron chi connectivity index (χ2n) is 6.33. The lowest BCUT2D eigenvalue weighted by Crippen LogP contribution is -2.25. The number of para-hydroxylation sites is 2. The molecule has 3 rings (SSSR count). The van der Waals surface area contributed by atoms with Crippen molar-refractivity contribution in [2.24, 2.45) is 0 Å². The summed E-state index contributed by atoms with van der Waals surface area (Å²) in [5.41, 5.74) is 3.36. The van der Waals surface area contributed by atoms with Gasteiger partial charge in [-0.15, -0.1) is 0 Å². The number of pyridine rings is 1. The minimum atomic E-state index is 0.247. The Labute approximate surface area is 137 Å². The van der Waals surface area contributed by atoms with Gasteiger partial charge in [0.2, 0.25) is 0 Å². The van der Waals surface area contributed by atoms with Gasteiger partial charge in [0.1, 0.15) is 5.82 Å². The van der Waals surface area contributed by atoms with Crippen LogP contribution in [0.25, 0.3) is 11.0 Å². The molecule has 0 radical (unpaired) electrons. The van der Waals surface area contributed by atoms with Crippen LogP contribution >= 0.6 is 0 Å². The molecule has 0 aliphatic carbocycles. The molecule has 0 aliphatic rings. The Morgan fingerprint density at radius 2 is 1.78 bits per heavy atom. The molecule has 0 N–H and O–H groups in total. The molecule has 0 unspecified atom stereocenters. The maximum absolute atomic E-state index is 4.85. The van der Waals surface area contributed by atoms with E-state index in [1.165, 1.54) is 5.52 Å². The smallest absolute Gasteiger partial charge is 0.124 e. The summed E-state index contributed by atoms with van der Waals surface area (Å²) in [5, 5.41) is 0. The highest BCUT2D eigenvalue weighted by molar-refractivity contribution is 5.76. The zero-order valence-corrected chi connectivity index (χ0v) is 14.3. The van der Waals surface area contributed by atoms with Gasteiger partial charge in [-0.3, -0.25) is 9.88 Å². The Morgan fingerprint density at radius 3 is 2.48 bits per heavy atom. The van der Waals surface area contributed by atoms with Crippen LogP contribution in [0.1, 0.15) is 44.4 Å². The van der Waals surface area contributed by atoms with Crippen LogP contribution < -0.4 is 0 Å². The second-order valence-corrected chi connectivity index (χ2v) is 6.33. The summed E-state index contributed by atoms with van der Waals surface area (Å²) in [5.74, 6) is 1.10. The molecule has 0 bridgehead atoms. The maximum Gasteiger partial charge on any atom is 0.124 e. The summed E-state index contributed by atoms with van der Waals surface area (Å²) >= 11 is 0. The van der Waals surface area contributed by atoms with Gasteiger partial charge in [0.25, 0.3) is 0 Å². The molecule has 0 aliphatic heterocycles. The lowest BCUT2D eigenvalue weighted by Gasteiger charge is -2.25. The Hall–Kier alpha value is -2.20. The van der Waals surface area contributed by atoms with Gasteiger partial charge in [-0.2, -0.15) is 0 Å². The molecule has 0 spiro atoms. The number of benzene rings is 1. The molecule has 2 aromatic heterocycles. The van der Waals surface area contributed by atoms with Crippen molar-refractivity contribution in [1.29, 1.82) is 0 Å². The molecule has 23 heavy (non-hydrogen) atoms. The van der Waals surface area contributed by atoms with Crippen molar-refractivity contribution in [2.45, 2.75) is 39.4 Å². The third-order valence-corrected chi connectivity index (χ3v) is 4.35. The van der Waals surface area contributed by atoms with E-state index in [1.54, 1.807) is 0 Å². The largest absolute Gasteiger partial charge is 0.324 e. The SMILES string of the molecule is CC(C)n1c(CN(C)[C@H](C)c2ccccn2)nc2ccccc21. The molecule has 0 fully saturated rings. The number of hydrogen-bond acceptors (Lipinski definition) is 3. The molecule has 0 amide bonds. The zero-order chi connectivity index (χ0) is 16.4. The number of rotatable bonds is 5. The van der Waals surface area contributed by atoms with Crippen molar-refractivity contribution in [3.63, 3.8) is 0 Å². The van der Waals surface area contributed by atoms with Crippen molar-refractivity contribution in [3.05, 3.63) is 60.2 Å². The van der Waals surface area contributed by atoms with Crippen LogP contribution in [0.5, 0.6) is 0 Å². The highest BCUT2D eigenvalue weighted by Gasteiger charge is 2.18. The van der Waals surface area contributed by atoms with Crippen LogP contribution in [-0.2, 0) is 6.54 Å². The zero-order valence-electron chi connectivity index (χ0n) is 14.3. The molecule has 120 valence electrons. The maximum atomic E-state index is 4.85. The molecule has 0 saturated carbocycles. The first kappa shape index (κ1) is 15.7. The quantitative estimate of drug-likeness (QED) is 0.708. The molecule has 1 atom stereocenters. The first-order valence-corrected chi connectivity index (χ1v) is 8.15. The summed E-state index contributed by atoms with van der Waals surface area (Å²) in [6.07, 6.45) is 1.85. The van der Waals surface area contributed by atoms with Gasteiger partial charge in [-0.25, -0.2) is 4.98 Å². The van der Waals surface area contributed by atoms with E-state index in [0.29, 0.717) is 6.04 Å². The van der Waals surface area contributed by atoms with Gasteiger partial charge < -0.3 is 4.57 Å². The molecule has 4 nitrogen and oxygen atoms in total. The first-order valence-electron chi connectivity index (χ1n) is 8.15. The lowest BCUT2D eigenvalue weighted by molar-refractivity contribution is 0.238. The van der Waals surface area contributed by atoms with E-state index >= 15 is 0 Å². The van der Waals surface area contributed by atoms with Crippen LogP contribution in [0.15, 0.2) is 48.7 Å². The average molecular weight is 308 g/mol. The number of fused-ring (bicyclic) bond motifs is 1. The van der Waals surface area contributed by atoms with Crippen LogP contribution in [0, 0.1) is 0 Å². The molecule has 2 heterocycles. The van der Waals surface area contributed by atoms with E-state index in [0.717, 1.165) is 23.6 Å². The van der Waals surface area contributed by atoms with Crippen molar-refractivity contribution < 1.29 is 0 Å². The van der Waals surface area contributed by atoms with Gasteiger partial charge >= 0.3 is 0 Å². The summed E-state index contributed by atoms with van der Waals surface area (Å²) < 4.78 is 2.33. The van der Waals surface area contributed by atoms with Gasteiger partial charge in [-0.1, -0.05) is 18.2 Å². The third-order valence-electron chi connectivity index (χ3n) is 4.35. The van der Waals surface area contributed by atoms with Crippen LogP contribution in [0.4, 0.5) is 0 Å². The number of nitrogens with zero attached hydrogens (tertiary/aromatic N) is 4. The van der Waals surface area contributed by atoms with E-state index < -0.39 is 0 Å². The van der Waals surface area contributed by atoms with Gasteiger partial charge in [0.05, 0.1) is 23.3 Å². The number of imidazole rings is 1. The van der Waals surface area contributed by atoms with Crippen molar-refractivity contribution in [3.8, 4) is 0 Å². The minimum Gasteiger partial charge on any atom is -0.324 e. The van der Waals surface area contributed by atoms with E-state index in [-0.39, 0.29) is 6.04 Å². The van der Waals surface area contributed by atoms with E-state index in [4.69, 9.17) is 4.98 Å². The van der Waals surface area contributed by atoms with Crippen LogP contribution in [0.2, 0.25) is 0 Å². The molecular formula is C19H24N4. The van der Waals surface area contributed by atoms with Crippen molar-refractivity contribution in [1.82, 2.24) is 19.4 Å². The van der Waals surface area contributed by atoms with Gasteiger partial charge in [0.15, 0.2) is 0 Å². The number of aromatic nitrogens is 3. The summed E-state index contributed by atoms with van der Waals surface area (Å²) in [6.45, 7) is 7.40. The minimum absolute atomic E-state index is 0.247. The average Bonchev–Trinajstić information content (AvgIpc) is 2.92. The first-order chi connectivity index (χ1) is 11.1. The predicted molar refractivity (Wildman–Crippen MR) is 94.2 cm³/mol.